The molecule has 12 heavy (non-hydrogen) atoms. The maximum atomic E-state index is 5.37. The number of oxazole rings is 1. The molecule has 1 saturated heterocycles. The highest BCUT2D eigenvalue weighted by Crippen LogP contribution is 2.24. The Morgan fingerprint density at radius 3 is 3.08 bits per heavy atom. The molecule has 1 aliphatic heterocycles. The van der Waals surface area contributed by atoms with Crippen molar-refractivity contribution in [2.45, 2.75) is 18.8 Å². The van der Waals surface area contributed by atoms with Gasteiger partial charge in [-0.1, -0.05) is 0 Å². The second-order valence-corrected chi connectivity index (χ2v) is 3.02. The van der Waals surface area contributed by atoms with Crippen LogP contribution < -0.4 is 5.73 Å². The van der Waals surface area contributed by atoms with Gasteiger partial charge in [0.05, 0.1) is 12.3 Å². The molecule has 0 aliphatic carbocycles. The first-order chi connectivity index (χ1) is 5.86. The zero-order chi connectivity index (χ0) is 8.39. The monoisotopic (exact) mass is 168 g/mol. The third kappa shape index (κ3) is 1.43. The molecule has 2 N–H and O–H groups in total. The van der Waals surface area contributed by atoms with Crippen molar-refractivity contribution in [2.24, 2.45) is 0 Å². The van der Waals surface area contributed by atoms with Gasteiger partial charge in [0.25, 0.3) is 6.01 Å². The van der Waals surface area contributed by atoms with Crippen molar-refractivity contribution in [3.05, 3.63) is 12.0 Å². The molecular formula is C8H12N2O2. The molecule has 0 bridgehead atoms. The van der Waals surface area contributed by atoms with Gasteiger partial charge in [-0.05, 0) is 12.8 Å². The van der Waals surface area contributed by atoms with Gasteiger partial charge in [-0.2, -0.15) is 4.98 Å². The van der Waals surface area contributed by atoms with E-state index in [1.165, 1.54) is 0 Å². The Balaban J connectivity index is 2.08. The van der Waals surface area contributed by atoms with Crippen molar-refractivity contribution >= 4 is 6.01 Å². The van der Waals surface area contributed by atoms with Gasteiger partial charge in [-0.25, -0.2) is 0 Å². The Bertz CT molecular complexity index is 253. The summed E-state index contributed by atoms with van der Waals surface area (Å²) in [4.78, 5) is 4.07. The average molecular weight is 168 g/mol. The van der Waals surface area contributed by atoms with E-state index in [2.05, 4.69) is 4.98 Å². The van der Waals surface area contributed by atoms with Crippen LogP contribution in [0.25, 0.3) is 0 Å². The molecule has 1 unspecified atom stereocenters. The number of anilines is 1. The first-order valence-corrected chi connectivity index (χ1v) is 4.15. The SMILES string of the molecule is Nc1nc(C2CCCOC2)co1. The molecule has 0 spiro atoms. The van der Waals surface area contributed by atoms with Crippen LogP contribution in [0.1, 0.15) is 24.5 Å². The standard InChI is InChI=1S/C8H12N2O2/c9-8-10-7(5-12-8)6-2-1-3-11-4-6/h5-6H,1-4H2,(H2,9,10). The molecule has 66 valence electrons. The van der Waals surface area contributed by atoms with Crippen molar-refractivity contribution in [3.8, 4) is 0 Å². The minimum Gasteiger partial charge on any atom is -0.432 e. The second kappa shape index (κ2) is 3.15. The molecule has 0 saturated carbocycles. The van der Waals surface area contributed by atoms with Crippen LogP contribution in [0, 0.1) is 0 Å². The summed E-state index contributed by atoms with van der Waals surface area (Å²) < 4.78 is 10.3. The van der Waals surface area contributed by atoms with E-state index in [9.17, 15) is 0 Å². The van der Waals surface area contributed by atoms with Crippen LogP contribution in [-0.2, 0) is 4.74 Å². The van der Waals surface area contributed by atoms with E-state index in [0.717, 1.165) is 31.7 Å². The van der Waals surface area contributed by atoms with Crippen molar-refractivity contribution in [2.75, 3.05) is 18.9 Å². The lowest BCUT2D eigenvalue weighted by Crippen LogP contribution is -2.15. The zero-order valence-corrected chi connectivity index (χ0v) is 6.82. The van der Waals surface area contributed by atoms with Crippen LogP contribution in [0.2, 0.25) is 0 Å². The Morgan fingerprint density at radius 2 is 2.50 bits per heavy atom. The minimum atomic E-state index is 0.246. The fourth-order valence-electron chi connectivity index (χ4n) is 1.46. The molecule has 1 aromatic heterocycles. The molecule has 1 fully saturated rings. The molecule has 4 nitrogen and oxygen atoms in total. The summed E-state index contributed by atoms with van der Waals surface area (Å²) in [6.45, 7) is 1.61. The summed E-state index contributed by atoms with van der Waals surface area (Å²) in [5, 5.41) is 0. The van der Waals surface area contributed by atoms with Crippen molar-refractivity contribution in [3.63, 3.8) is 0 Å². The van der Waals surface area contributed by atoms with Gasteiger partial charge in [0, 0.05) is 12.5 Å². The van der Waals surface area contributed by atoms with Crippen molar-refractivity contribution < 1.29 is 9.15 Å². The molecule has 2 rings (SSSR count). The summed E-state index contributed by atoms with van der Waals surface area (Å²) in [6, 6.07) is 0.246. The maximum absolute atomic E-state index is 5.37. The second-order valence-electron chi connectivity index (χ2n) is 3.02. The summed E-state index contributed by atoms with van der Waals surface area (Å²) in [5.74, 6) is 0.375. The molecule has 2 heterocycles. The van der Waals surface area contributed by atoms with Crippen LogP contribution in [0.4, 0.5) is 6.01 Å². The van der Waals surface area contributed by atoms with Crippen LogP contribution in [-0.4, -0.2) is 18.2 Å². The first kappa shape index (κ1) is 7.61. The average Bonchev–Trinajstić information content (AvgIpc) is 2.54. The highest BCUT2D eigenvalue weighted by Gasteiger charge is 2.18. The molecule has 1 atom stereocenters. The smallest absolute Gasteiger partial charge is 0.292 e. The summed E-state index contributed by atoms with van der Waals surface area (Å²) in [7, 11) is 0. The zero-order valence-electron chi connectivity index (χ0n) is 6.82. The Morgan fingerprint density at radius 1 is 1.58 bits per heavy atom. The fourth-order valence-corrected chi connectivity index (χ4v) is 1.46. The minimum absolute atomic E-state index is 0.246. The largest absolute Gasteiger partial charge is 0.432 e. The maximum Gasteiger partial charge on any atom is 0.292 e. The van der Waals surface area contributed by atoms with Crippen LogP contribution in [0.5, 0.6) is 0 Å². The van der Waals surface area contributed by atoms with Crippen LogP contribution >= 0.6 is 0 Å². The van der Waals surface area contributed by atoms with Gasteiger partial charge in [-0.3, -0.25) is 0 Å². The lowest BCUT2D eigenvalue weighted by Gasteiger charge is -2.19. The highest BCUT2D eigenvalue weighted by atomic mass is 16.5. The van der Waals surface area contributed by atoms with E-state index in [4.69, 9.17) is 14.9 Å². The predicted octanol–water partition coefficient (Wildman–Crippen LogP) is 1.15. The number of ether oxygens (including phenoxy) is 1. The molecule has 4 heteroatoms. The predicted molar refractivity (Wildman–Crippen MR) is 43.7 cm³/mol. The van der Waals surface area contributed by atoms with Gasteiger partial charge in [0.15, 0.2) is 0 Å². The van der Waals surface area contributed by atoms with Crippen LogP contribution in [0.15, 0.2) is 10.7 Å². The van der Waals surface area contributed by atoms with E-state index in [-0.39, 0.29) is 6.01 Å². The lowest BCUT2D eigenvalue weighted by atomic mass is 10.00. The van der Waals surface area contributed by atoms with E-state index >= 15 is 0 Å². The lowest BCUT2D eigenvalue weighted by molar-refractivity contribution is 0.0793. The Kier molecular flexibility index (Phi) is 1.99. The quantitative estimate of drug-likeness (QED) is 0.683. The highest BCUT2D eigenvalue weighted by molar-refractivity contribution is 5.15. The summed E-state index contributed by atoms with van der Waals surface area (Å²) in [5.41, 5.74) is 6.29. The Labute approximate surface area is 70.7 Å². The molecule has 0 amide bonds. The van der Waals surface area contributed by atoms with Gasteiger partial charge >= 0.3 is 0 Å². The normalized spacial score (nSPS) is 24.2. The molecule has 1 aromatic rings. The number of nitrogen functional groups attached to an aromatic ring is 1. The number of hydrogen-bond acceptors (Lipinski definition) is 4. The van der Waals surface area contributed by atoms with Gasteiger partial charge in [0.1, 0.15) is 6.26 Å². The molecule has 0 radical (unpaired) electrons. The summed E-state index contributed by atoms with van der Waals surface area (Å²) in [6.07, 6.45) is 3.83. The van der Waals surface area contributed by atoms with Gasteiger partial charge in [0.2, 0.25) is 0 Å². The number of rotatable bonds is 1. The van der Waals surface area contributed by atoms with Gasteiger partial charge < -0.3 is 14.9 Å². The molecule has 1 aliphatic rings. The Hall–Kier alpha value is -1.03. The molecule has 0 aromatic carbocycles. The van der Waals surface area contributed by atoms with E-state index in [0.29, 0.717) is 5.92 Å². The van der Waals surface area contributed by atoms with E-state index in [1.807, 2.05) is 0 Å². The van der Waals surface area contributed by atoms with Crippen molar-refractivity contribution in [1.82, 2.24) is 4.98 Å². The molecular weight excluding hydrogens is 156 g/mol. The van der Waals surface area contributed by atoms with Crippen LogP contribution in [0.3, 0.4) is 0 Å². The van der Waals surface area contributed by atoms with Gasteiger partial charge in [-0.15, -0.1) is 0 Å². The third-order valence-electron chi connectivity index (χ3n) is 2.12. The van der Waals surface area contributed by atoms with E-state index in [1.54, 1.807) is 6.26 Å². The topological polar surface area (TPSA) is 61.3 Å². The number of nitrogens with zero attached hydrogens (tertiary/aromatic N) is 1. The first-order valence-electron chi connectivity index (χ1n) is 4.15. The fraction of sp³-hybridized carbons (Fsp3) is 0.625. The summed E-state index contributed by atoms with van der Waals surface area (Å²) >= 11 is 0. The number of hydrogen-bond donors (Lipinski definition) is 1. The third-order valence-corrected chi connectivity index (χ3v) is 2.12. The van der Waals surface area contributed by atoms with Crippen molar-refractivity contribution in [1.29, 1.82) is 0 Å². The van der Waals surface area contributed by atoms with E-state index < -0.39 is 0 Å². The number of aromatic nitrogens is 1. The number of nitrogens with two attached hydrogens (primary N) is 1.